The van der Waals surface area contributed by atoms with Gasteiger partial charge in [-0.2, -0.15) is 0 Å². The number of rotatable bonds is 3. The van der Waals surface area contributed by atoms with E-state index in [0.29, 0.717) is 5.92 Å². The van der Waals surface area contributed by atoms with E-state index in [0.717, 1.165) is 30.3 Å². The molecule has 1 aromatic carbocycles. The second-order valence-electron chi connectivity index (χ2n) is 4.57. The van der Waals surface area contributed by atoms with E-state index in [-0.39, 0.29) is 6.04 Å². The van der Waals surface area contributed by atoms with Crippen LogP contribution in [0, 0.1) is 5.92 Å². The molecule has 1 aliphatic rings. The Labute approximate surface area is 109 Å². The Morgan fingerprint density at radius 1 is 1.35 bits per heavy atom. The summed E-state index contributed by atoms with van der Waals surface area (Å²) in [6, 6.07) is 7.98. The van der Waals surface area contributed by atoms with Crippen molar-refractivity contribution in [1.29, 1.82) is 0 Å². The zero-order chi connectivity index (χ0) is 12.3. The van der Waals surface area contributed by atoms with Crippen LogP contribution in [0.15, 0.2) is 28.7 Å². The standard InChI is InChI=1S/C13H16BrNO2/c14-11-4-1-9(2-5-11)7-10-3-6-12(13(16)17)15-8-10/h1-2,4-5,10,12,15H,3,6-8H2,(H,16,17). The summed E-state index contributed by atoms with van der Waals surface area (Å²) < 4.78 is 1.09. The van der Waals surface area contributed by atoms with Crippen molar-refractivity contribution in [2.24, 2.45) is 5.92 Å². The van der Waals surface area contributed by atoms with E-state index in [9.17, 15) is 4.79 Å². The summed E-state index contributed by atoms with van der Waals surface area (Å²) in [5.74, 6) is -0.182. The number of carboxylic acid groups (broad SMARTS) is 1. The van der Waals surface area contributed by atoms with Gasteiger partial charge in [0.05, 0.1) is 0 Å². The smallest absolute Gasteiger partial charge is 0.320 e. The zero-order valence-electron chi connectivity index (χ0n) is 9.53. The average molecular weight is 298 g/mol. The summed E-state index contributed by atoms with van der Waals surface area (Å²) >= 11 is 3.42. The van der Waals surface area contributed by atoms with Crippen molar-refractivity contribution < 1.29 is 9.90 Å². The van der Waals surface area contributed by atoms with Gasteiger partial charge in [0.15, 0.2) is 0 Å². The van der Waals surface area contributed by atoms with Gasteiger partial charge in [0.1, 0.15) is 6.04 Å². The first-order chi connectivity index (χ1) is 8.15. The summed E-state index contributed by atoms with van der Waals surface area (Å²) in [7, 11) is 0. The number of carbonyl (C=O) groups is 1. The van der Waals surface area contributed by atoms with Crippen molar-refractivity contribution in [2.45, 2.75) is 25.3 Å². The quantitative estimate of drug-likeness (QED) is 0.901. The number of hydrogen-bond acceptors (Lipinski definition) is 2. The number of benzene rings is 1. The second-order valence-corrected chi connectivity index (χ2v) is 5.49. The van der Waals surface area contributed by atoms with Gasteiger partial charge in [0.2, 0.25) is 0 Å². The van der Waals surface area contributed by atoms with E-state index in [1.54, 1.807) is 0 Å². The largest absolute Gasteiger partial charge is 0.480 e. The molecule has 0 aliphatic carbocycles. The van der Waals surface area contributed by atoms with Crippen LogP contribution in [-0.2, 0) is 11.2 Å². The Morgan fingerprint density at radius 3 is 2.59 bits per heavy atom. The number of halogens is 1. The molecule has 0 radical (unpaired) electrons. The van der Waals surface area contributed by atoms with Gasteiger partial charge in [0, 0.05) is 4.47 Å². The molecule has 1 saturated heterocycles. The fourth-order valence-corrected chi connectivity index (χ4v) is 2.52. The summed E-state index contributed by atoms with van der Waals surface area (Å²) in [6.07, 6.45) is 2.74. The van der Waals surface area contributed by atoms with Gasteiger partial charge in [-0.25, -0.2) is 0 Å². The molecule has 1 aliphatic heterocycles. The first kappa shape index (κ1) is 12.6. The van der Waals surface area contributed by atoms with Gasteiger partial charge >= 0.3 is 5.97 Å². The summed E-state index contributed by atoms with van der Waals surface area (Å²) in [5.41, 5.74) is 1.31. The van der Waals surface area contributed by atoms with Gasteiger partial charge in [-0.05, 0) is 49.4 Å². The maximum absolute atomic E-state index is 10.8. The molecule has 2 N–H and O–H groups in total. The van der Waals surface area contributed by atoms with Crippen LogP contribution in [0.4, 0.5) is 0 Å². The molecule has 0 bridgehead atoms. The average Bonchev–Trinajstić information content (AvgIpc) is 2.33. The Balaban J connectivity index is 1.85. The molecule has 0 spiro atoms. The molecule has 1 heterocycles. The molecule has 2 unspecified atom stereocenters. The molecule has 17 heavy (non-hydrogen) atoms. The molecule has 92 valence electrons. The predicted octanol–water partition coefficient (Wildman–Crippen LogP) is 2.44. The molecule has 2 rings (SSSR count). The lowest BCUT2D eigenvalue weighted by atomic mass is 9.89. The third-order valence-corrected chi connectivity index (χ3v) is 3.78. The number of hydrogen-bond donors (Lipinski definition) is 2. The normalized spacial score (nSPS) is 24.5. The van der Waals surface area contributed by atoms with Crippen LogP contribution >= 0.6 is 15.9 Å². The van der Waals surface area contributed by atoms with Crippen LogP contribution in [0.1, 0.15) is 18.4 Å². The number of carboxylic acids is 1. The van der Waals surface area contributed by atoms with E-state index in [1.807, 2.05) is 12.1 Å². The Morgan fingerprint density at radius 2 is 2.06 bits per heavy atom. The maximum atomic E-state index is 10.8. The molecule has 3 nitrogen and oxygen atoms in total. The molecule has 4 heteroatoms. The minimum atomic E-state index is -0.730. The highest BCUT2D eigenvalue weighted by molar-refractivity contribution is 9.10. The van der Waals surface area contributed by atoms with Crippen LogP contribution in [0.5, 0.6) is 0 Å². The third kappa shape index (κ3) is 3.54. The van der Waals surface area contributed by atoms with Gasteiger partial charge < -0.3 is 10.4 Å². The van der Waals surface area contributed by atoms with Crippen molar-refractivity contribution in [3.8, 4) is 0 Å². The molecule has 1 aromatic rings. The summed E-state index contributed by atoms with van der Waals surface area (Å²) in [5, 5.41) is 12.0. The number of nitrogens with one attached hydrogen (secondary N) is 1. The Kier molecular flexibility index (Phi) is 4.18. The minimum absolute atomic E-state index is 0.351. The van der Waals surface area contributed by atoms with Crippen molar-refractivity contribution in [2.75, 3.05) is 6.54 Å². The summed E-state index contributed by atoms with van der Waals surface area (Å²) in [4.78, 5) is 10.8. The summed E-state index contributed by atoms with van der Waals surface area (Å²) in [6.45, 7) is 0.799. The highest BCUT2D eigenvalue weighted by atomic mass is 79.9. The zero-order valence-corrected chi connectivity index (χ0v) is 11.1. The van der Waals surface area contributed by atoms with E-state index < -0.39 is 5.97 Å². The molecule has 2 atom stereocenters. The molecular weight excluding hydrogens is 282 g/mol. The number of aliphatic carboxylic acids is 1. The topological polar surface area (TPSA) is 49.3 Å². The molecule has 1 fully saturated rings. The lowest BCUT2D eigenvalue weighted by molar-refractivity contribution is -0.140. The van der Waals surface area contributed by atoms with E-state index in [1.165, 1.54) is 5.56 Å². The fraction of sp³-hybridized carbons (Fsp3) is 0.462. The van der Waals surface area contributed by atoms with E-state index in [2.05, 4.69) is 33.4 Å². The molecule has 0 saturated carbocycles. The van der Waals surface area contributed by atoms with Gasteiger partial charge in [-0.3, -0.25) is 4.79 Å². The van der Waals surface area contributed by atoms with Gasteiger partial charge in [-0.15, -0.1) is 0 Å². The fourth-order valence-electron chi connectivity index (χ4n) is 2.25. The van der Waals surface area contributed by atoms with E-state index >= 15 is 0 Å². The highest BCUT2D eigenvalue weighted by Gasteiger charge is 2.25. The molecule has 0 aromatic heterocycles. The SMILES string of the molecule is O=C(O)C1CCC(Cc2ccc(Br)cc2)CN1. The first-order valence-corrected chi connectivity index (χ1v) is 6.65. The van der Waals surface area contributed by atoms with Crippen LogP contribution in [0.2, 0.25) is 0 Å². The molecular formula is C13H16BrNO2. The minimum Gasteiger partial charge on any atom is -0.480 e. The van der Waals surface area contributed by atoms with Gasteiger partial charge in [-0.1, -0.05) is 28.1 Å². The lowest BCUT2D eigenvalue weighted by Gasteiger charge is -2.27. The third-order valence-electron chi connectivity index (χ3n) is 3.25. The van der Waals surface area contributed by atoms with Crippen LogP contribution in [0.25, 0.3) is 0 Å². The molecule has 0 amide bonds. The van der Waals surface area contributed by atoms with Crippen molar-refractivity contribution in [3.05, 3.63) is 34.3 Å². The lowest BCUT2D eigenvalue weighted by Crippen LogP contribution is -2.44. The van der Waals surface area contributed by atoms with Crippen LogP contribution in [0.3, 0.4) is 0 Å². The van der Waals surface area contributed by atoms with Crippen molar-refractivity contribution in [1.82, 2.24) is 5.32 Å². The maximum Gasteiger partial charge on any atom is 0.320 e. The second kappa shape index (κ2) is 5.65. The first-order valence-electron chi connectivity index (χ1n) is 5.86. The predicted molar refractivity (Wildman–Crippen MR) is 70.0 cm³/mol. The van der Waals surface area contributed by atoms with Crippen molar-refractivity contribution in [3.63, 3.8) is 0 Å². The number of piperidine rings is 1. The van der Waals surface area contributed by atoms with Crippen LogP contribution < -0.4 is 5.32 Å². The van der Waals surface area contributed by atoms with E-state index in [4.69, 9.17) is 5.11 Å². The Bertz CT molecular complexity index is 383. The van der Waals surface area contributed by atoms with Gasteiger partial charge in [0.25, 0.3) is 0 Å². The highest BCUT2D eigenvalue weighted by Crippen LogP contribution is 2.20. The Hall–Kier alpha value is -0.870. The van der Waals surface area contributed by atoms with Crippen LogP contribution in [-0.4, -0.2) is 23.7 Å². The monoisotopic (exact) mass is 297 g/mol. The van der Waals surface area contributed by atoms with Crippen molar-refractivity contribution >= 4 is 21.9 Å².